The van der Waals surface area contributed by atoms with Crippen LogP contribution in [0.4, 0.5) is 0 Å². The van der Waals surface area contributed by atoms with Crippen LogP contribution >= 0.6 is 0 Å². The van der Waals surface area contributed by atoms with Crippen LogP contribution in [0.25, 0.3) is 0 Å². The van der Waals surface area contributed by atoms with Gasteiger partial charge in [-0.15, -0.1) is 0 Å². The van der Waals surface area contributed by atoms with Gasteiger partial charge in [0.25, 0.3) is 0 Å². The third-order valence-corrected chi connectivity index (χ3v) is 6.06. The maximum absolute atomic E-state index is 5.96. The van der Waals surface area contributed by atoms with Gasteiger partial charge in [-0.05, 0) is 41.5 Å². The Balaban J connectivity index is 0.000000182. The summed E-state index contributed by atoms with van der Waals surface area (Å²) in [6, 6.07) is -0.833. The minimum Gasteiger partial charge on any atom is -0.376 e. The largest absolute Gasteiger partial charge is 0.376 e. The fraction of sp³-hybridized carbons (Fsp3) is 1.00. The van der Waals surface area contributed by atoms with Gasteiger partial charge < -0.3 is 37.9 Å². The molecule has 32 heavy (non-hydrogen) atoms. The van der Waals surface area contributed by atoms with E-state index in [1.54, 1.807) is 7.11 Å². The van der Waals surface area contributed by atoms with Crippen LogP contribution in [-0.2, 0) is 37.9 Å². The molecule has 4 aliphatic rings. The van der Waals surface area contributed by atoms with Crippen LogP contribution in [0.5, 0.6) is 0 Å². The molecule has 4 fully saturated rings. The second-order valence-electron chi connectivity index (χ2n) is 9.83. The van der Waals surface area contributed by atoms with Crippen molar-refractivity contribution >= 4 is 15.7 Å². The molecule has 0 aliphatic carbocycles. The molecule has 4 heterocycles. The average molecular weight is 452 g/mol. The number of ether oxygens (including phenoxy) is 8. The van der Waals surface area contributed by atoms with E-state index in [0.717, 1.165) is 0 Å². The molecule has 2 bridgehead atoms. The molecule has 10 heteroatoms. The van der Waals surface area contributed by atoms with Crippen LogP contribution in [0.15, 0.2) is 0 Å². The Morgan fingerprint density at radius 1 is 0.812 bits per heavy atom. The van der Waals surface area contributed by atoms with Crippen LogP contribution in [0.1, 0.15) is 41.5 Å². The highest BCUT2D eigenvalue weighted by atomic mass is 16.7. The first-order valence-corrected chi connectivity index (χ1v) is 11.5. The Kier molecular flexibility index (Phi) is 8.75. The predicted molar refractivity (Wildman–Crippen MR) is 119 cm³/mol. The van der Waals surface area contributed by atoms with E-state index in [1.165, 1.54) is 0 Å². The first-order chi connectivity index (χ1) is 15.0. The molecular formula is C22H38B2O8. The molecule has 4 aliphatic heterocycles. The van der Waals surface area contributed by atoms with Crippen molar-refractivity contribution in [2.75, 3.05) is 33.5 Å². The fourth-order valence-electron chi connectivity index (χ4n) is 4.53. The van der Waals surface area contributed by atoms with Crippen molar-refractivity contribution in [1.82, 2.24) is 0 Å². The lowest BCUT2D eigenvalue weighted by Gasteiger charge is -2.44. The summed E-state index contributed by atoms with van der Waals surface area (Å²) in [6.07, 6.45) is -0.122. The Hall–Kier alpha value is -0.190. The summed E-state index contributed by atoms with van der Waals surface area (Å²) in [6.45, 7) is 14.0. The molecule has 0 spiro atoms. The highest BCUT2D eigenvalue weighted by Crippen LogP contribution is 2.43. The van der Waals surface area contributed by atoms with Crippen LogP contribution in [0.2, 0.25) is 0 Å². The van der Waals surface area contributed by atoms with Gasteiger partial charge in [0.15, 0.2) is 0 Å². The molecule has 0 aromatic heterocycles. The summed E-state index contributed by atoms with van der Waals surface area (Å²) in [5.74, 6) is 0. The minimum atomic E-state index is -0.511. The van der Waals surface area contributed by atoms with Gasteiger partial charge >= 0.3 is 0 Å². The minimum absolute atomic E-state index is 0.0985. The van der Waals surface area contributed by atoms with E-state index < -0.39 is 23.2 Å². The molecule has 8 nitrogen and oxygen atoms in total. The number of hydrogen-bond acceptors (Lipinski definition) is 8. The summed E-state index contributed by atoms with van der Waals surface area (Å²) in [5, 5.41) is 0. The Labute approximate surface area is 195 Å². The maximum atomic E-state index is 5.96. The quantitative estimate of drug-likeness (QED) is 0.480. The lowest BCUT2D eigenvalue weighted by Crippen LogP contribution is -2.62. The van der Waals surface area contributed by atoms with E-state index >= 15 is 0 Å². The van der Waals surface area contributed by atoms with Gasteiger partial charge in [0, 0.05) is 19.1 Å². The number of methoxy groups -OCH3 is 1. The molecular weight excluding hydrogens is 414 g/mol. The van der Waals surface area contributed by atoms with Crippen LogP contribution in [0, 0.1) is 0 Å². The third-order valence-electron chi connectivity index (χ3n) is 6.06. The summed E-state index contributed by atoms with van der Waals surface area (Å²) >= 11 is 0. The summed E-state index contributed by atoms with van der Waals surface area (Å²) in [4.78, 5) is 0. The Morgan fingerprint density at radius 2 is 1.38 bits per heavy atom. The standard InChI is InChI=1S/C12H21BO4.C10H17BO4/c1-7(2)14-5-12-6-15-10(12)9(11(13)17-12)16-8(3)4;1-6(2)13-4-10-5-14-7(8(10)12-3)9(11)15-10/h7-11H,5-6H2,1-4H3;6-9H,4-5H2,1-3H3. The average Bonchev–Trinajstić information content (AvgIpc) is 3.24. The van der Waals surface area contributed by atoms with E-state index in [9.17, 15) is 0 Å². The van der Waals surface area contributed by atoms with Crippen molar-refractivity contribution in [2.24, 2.45) is 0 Å². The molecule has 0 N–H and O–H groups in total. The van der Waals surface area contributed by atoms with E-state index in [1.807, 2.05) is 41.5 Å². The summed E-state index contributed by atoms with van der Waals surface area (Å²) in [7, 11) is 13.4. The summed E-state index contributed by atoms with van der Waals surface area (Å²) in [5.41, 5.74) is -0.910. The zero-order valence-corrected chi connectivity index (χ0v) is 20.4. The van der Waals surface area contributed by atoms with Gasteiger partial charge in [-0.3, -0.25) is 0 Å². The van der Waals surface area contributed by atoms with Gasteiger partial charge in [0.1, 0.15) is 51.3 Å². The van der Waals surface area contributed by atoms with Crippen molar-refractivity contribution < 1.29 is 37.9 Å². The van der Waals surface area contributed by atoms with Crippen molar-refractivity contribution in [2.45, 2.75) is 107 Å². The smallest absolute Gasteiger partial charge is 0.143 e. The maximum Gasteiger partial charge on any atom is 0.143 e. The van der Waals surface area contributed by atoms with E-state index in [2.05, 4.69) is 0 Å². The second kappa shape index (κ2) is 10.6. The molecule has 180 valence electrons. The normalized spacial score (nSPS) is 42.3. The fourth-order valence-corrected chi connectivity index (χ4v) is 4.53. The molecule has 8 unspecified atom stereocenters. The van der Waals surface area contributed by atoms with E-state index in [4.69, 9.17) is 53.6 Å². The van der Waals surface area contributed by atoms with Crippen LogP contribution in [0.3, 0.4) is 0 Å². The van der Waals surface area contributed by atoms with Crippen LogP contribution in [-0.4, -0.2) is 115 Å². The number of rotatable bonds is 9. The lowest BCUT2D eigenvalue weighted by atomic mass is 9.86. The van der Waals surface area contributed by atoms with Crippen LogP contribution < -0.4 is 0 Å². The van der Waals surface area contributed by atoms with Gasteiger partial charge in [0.2, 0.25) is 0 Å². The zero-order valence-electron chi connectivity index (χ0n) is 20.4. The highest BCUT2D eigenvalue weighted by Gasteiger charge is 2.62. The van der Waals surface area contributed by atoms with E-state index in [-0.39, 0.29) is 42.7 Å². The second-order valence-corrected chi connectivity index (χ2v) is 9.83. The molecule has 0 saturated carbocycles. The lowest BCUT2D eigenvalue weighted by molar-refractivity contribution is -0.252. The molecule has 8 atom stereocenters. The Bertz CT molecular complexity index is 608. The van der Waals surface area contributed by atoms with Gasteiger partial charge in [-0.2, -0.15) is 0 Å². The zero-order chi connectivity index (χ0) is 23.7. The van der Waals surface area contributed by atoms with Crippen molar-refractivity contribution in [3.05, 3.63) is 0 Å². The van der Waals surface area contributed by atoms with E-state index in [0.29, 0.717) is 26.4 Å². The van der Waals surface area contributed by atoms with Crippen molar-refractivity contribution in [3.8, 4) is 0 Å². The first-order valence-electron chi connectivity index (χ1n) is 11.5. The van der Waals surface area contributed by atoms with Gasteiger partial charge in [-0.25, -0.2) is 0 Å². The first kappa shape index (κ1) is 26.4. The molecule has 0 aromatic carbocycles. The number of hydrogen-bond donors (Lipinski definition) is 0. The topological polar surface area (TPSA) is 73.8 Å². The highest BCUT2D eigenvalue weighted by molar-refractivity contribution is 6.12. The third kappa shape index (κ3) is 5.38. The monoisotopic (exact) mass is 452 g/mol. The molecule has 4 rings (SSSR count). The molecule has 4 radical (unpaired) electrons. The predicted octanol–water partition coefficient (Wildman–Crippen LogP) is 0.956. The van der Waals surface area contributed by atoms with Crippen molar-refractivity contribution in [1.29, 1.82) is 0 Å². The molecule has 4 saturated heterocycles. The van der Waals surface area contributed by atoms with Gasteiger partial charge in [-0.1, -0.05) is 0 Å². The Morgan fingerprint density at radius 3 is 1.84 bits per heavy atom. The van der Waals surface area contributed by atoms with Gasteiger partial charge in [0.05, 0.1) is 44.7 Å². The molecule has 0 aromatic rings. The molecule has 0 amide bonds. The SMILES string of the molecule is [B]C1OC2(COC(C)C)COC1C2OC.[B]C1OC2(COC(C)C)COC2C1OC(C)C. The van der Waals surface area contributed by atoms with Crippen molar-refractivity contribution in [3.63, 3.8) is 0 Å². The summed E-state index contributed by atoms with van der Waals surface area (Å²) < 4.78 is 45.0. The number of fused-ring (bicyclic) bond motifs is 3.